The fourth-order valence-corrected chi connectivity index (χ4v) is 3.71. The molecule has 162 valence electrons. The van der Waals surface area contributed by atoms with Gasteiger partial charge >= 0.3 is 0 Å². The van der Waals surface area contributed by atoms with Gasteiger partial charge in [-0.1, -0.05) is 6.07 Å². The summed E-state index contributed by atoms with van der Waals surface area (Å²) in [6.07, 6.45) is -0.0968. The maximum absolute atomic E-state index is 14.3. The Kier molecular flexibility index (Phi) is 5.49. The average molecular weight is 428 g/mol. The number of anilines is 1. The van der Waals surface area contributed by atoms with Crippen LogP contribution in [0.5, 0.6) is 5.75 Å². The summed E-state index contributed by atoms with van der Waals surface area (Å²) in [7, 11) is 0. The van der Waals surface area contributed by atoms with Gasteiger partial charge in [-0.05, 0) is 36.8 Å². The lowest BCUT2D eigenvalue weighted by atomic mass is 10.0. The van der Waals surface area contributed by atoms with Crippen LogP contribution in [0.3, 0.4) is 0 Å². The van der Waals surface area contributed by atoms with Crippen molar-refractivity contribution in [3.63, 3.8) is 0 Å². The number of benzene rings is 2. The van der Waals surface area contributed by atoms with Gasteiger partial charge in [0.1, 0.15) is 24.2 Å². The Hall–Kier alpha value is -3.46. The molecular formula is C22H22FN3O5. The van der Waals surface area contributed by atoms with Gasteiger partial charge < -0.3 is 20.1 Å². The number of hydrogen-bond acceptors (Lipinski definition) is 6. The van der Waals surface area contributed by atoms with Gasteiger partial charge in [0, 0.05) is 41.9 Å². The number of carbonyl (C=O) groups is 3. The molecule has 9 heteroatoms. The molecule has 0 radical (unpaired) electrons. The van der Waals surface area contributed by atoms with Crippen LogP contribution in [0.15, 0.2) is 36.4 Å². The first kappa shape index (κ1) is 19.5. The highest BCUT2D eigenvalue weighted by atomic mass is 19.1. The van der Waals surface area contributed by atoms with E-state index in [0.29, 0.717) is 28.1 Å². The van der Waals surface area contributed by atoms with Crippen molar-refractivity contribution in [2.45, 2.75) is 31.9 Å². The minimum absolute atomic E-state index is 0.0184. The summed E-state index contributed by atoms with van der Waals surface area (Å²) >= 11 is 0. The summed E-state index contributed by atoms with van der Waals surface area (Å²) in [5, 5.41) is 14.1. The van der Waals surface area contributed by atoms with Gasteiger partial charge in [-0.25, -0.2) is 4.39 Å². The number of aliphatic hydroxyl groups excluding tert-OH is 1. The summed E-state index contributed by atoms with van der Waals surface area (Å²) in [5.41, 5.74) is 1.87. The molecule has 3 N–H and O–H groups in total. The Morgan fingerprint density at radius 3 is 2.90 bits per heavy atom. The smallest absolute Gasteiger partial charge is 0.255 e. The molecule has 0 spiro atoms. The molecule has 2 aromatic rings. The molecule has 2 aliphatic heterocycles. The highest BCUT2D eigenvalue weighted by Crippen LogP contribution is 2.32. The lowest BCUT2D eigenvalue weighted by molar-refractivity contribution is -0.136. The number of halogens is 1. The van der Waals surface area contributed by atoms with E-state index in [9.17, 15) is 18.8 Å². The van der Waals surface area contributed by atoms with Crippen LogP contribution in [0, 0.1) is 5.82 Å². The van der Waals surface area contributed by atoms with Gasteiger partial charge in [-0.15, -0.1) is 0 Å². The zero-order valence-corrected chi connectivity index (χ0v) is 16.6. The van der Waals surface area contributed by atoms with E-state index < -0.39 is 29.6 Å². The van der Waals surface area contributed by atoms with Crippen molar-refractivity contribution in [2.24, 2.45) is 0 Å². The summed E-state index contributed by atoms with van der Waals surface area (Å²) in [4.78, 5) is 38.0. The molecule has 2 aliphatic rings. The van der Waals surface area contributed by atoms with Crippen LogP contribution in [0.4, 0.5) is 10.1 Å². The van der Waals surface area contributed by atoms with Crippen LogP contribution in [0.2, 0.25) is 0 Å². The second-order valence-corrected chi connectivity index (χ2v) is 7.23. The van der Waals surface area contributed by atoms with Crippen molar-refractivity contribution >= 4 is 23.4 Å². The number of nitrogens with zero attached hydrogens (tertiary/aromatic N) is 1. The number of fused-ring (bicyclic) bond motifs is 1. The number of aliphatic hydroxyl groups is 1. The van der Waals surface area contributed by atoms with E-state index >= 15 is 0 Å². The summed E-state index contributed by atoms with van der Waals surface area (Å²) < 4.78 is 28.2. The number of ether oxygens (including phenoxy) is 1. The van der Waals surface area contributed by atoms with Crippen LogP contribution >= 0.6 is 0 Å². The second-order valence-electron chi connectivity index (χ2n) is 7.23. The second kappa shape index (κ2) is 8.73. The van der Waals surface area contributed by atoms with Crippen LogP contribution < -0.4 is 15.4 Å². The Morgan fingerprint density at radius 1 is 1.29 bits per heavy atom. The van der Waals surface area contributed by atoms with Gasteiger partial charge in [0.05, 0.1) is 7.98 Å². The third-order valence-corrected chi connectivity index (χ3v) is 5.24. The molecule has 0 saturated carbocycles. The number of piperidine rings is 1. The molecule has 8 nitrogen and oxygen atoms in total. The first-order valence-corrected chi connectivity index (χ1v) is 9.87. The molecule has 1 unspecified atom stereocenters. The first-order valence-electron chi connectivity index (χ1n) is 10.4. The third-order valence-electron chi connectivity index (χ3n) is 5.24. The molecular weight excluding hydrogens is 405 g/mol. The fraction of sp³-hybridized carbons (Fsp3) is 0.318. The average Bonchev–Trinajstić information content (AvgIpc) is 3.13. The van der Waals surface area contributed by atoms with E-state index in [4.69, 9.17) is 11.2 Å². The highest BCUT2D eigenvalue weighted by molar-refractivity contribution is 6.06. The monoisotopic (exact) mass is 428 g/mol. The molecule has 3 amide bonds. The van der Waals surface area contributed by atoms with E-state index in [1.165, 1.54) is 18.2 Å². The van der Waals surface area contributed by atoms with Crippen LogP contribution in [0.25, 0.3) is 0 Å². The van der Waals surface area contributed by atoms with Crippen molar-refractivity contribution < 1.29 is 30.0 Å². The van der Waals surface area contributed by atoms with E-state index in [1.54, 1.807) is 18.2 Å². The maximum Gasteiger partial charge on any atom is 0.255 e. The fourth-order valence-electron chi connectivity index (χ4n) is 3.71. The largest absolute Gasteiger partial charge is 0.491 e. The number of nitrogens with one attached hydrogen (secondary N) is 2. The standard InChI is InChI=1S/C22H22FN3O5/c23-17-5-4-14(31-9-8-27)10-13(17)11-24-18-3-1-2-15-16(18)12-26(22(15)30)19-6-7-20(28)25-21(19)29/h1-5,10,19,24,27H,6-9,11-12H2,(H,25,28,29)/i19D. The van der Waals surface area contributed by atoms with Gasteiger partial charge in [0.25, 0.3) is 5.91 Å². The lowest BCUT2D eigenvalue weighted by Gasteiger charge is -2.29. The number of amides is 3. The minimum atomic E-state index is -1.87. The van der Waals surface area contributed by atoms with Crippen LogP contribution in [0.1, 0.15) is 35.7 Å². The Balaban J connectivity index is 1.54. The molecule has 2 aromatic carbocycles. The quantitative estimate of drug-likeness (QED) is 0.578. The topological polar surface area (TPSA) is 108 Å². The van der Waals surface area contributed by atoms with Crippen LogP contribution in [-0.4, -0.2) is 47.0 Å². The molecule has 1 saturated heterocycles. The van der Waals surface area contributed by atoms with Crippen LogP contribution in [-0.2, 0) is 22.7 Å². The zero-order valence-electron chi connectivity index (χ0n) is 17.6. The summed E-state index contributed by atoms with van der Waals surface area (Å²) in [6.45, 7) is 0.0599. The summed E-state index contributed by atoms with van der Waals surface area (Å²) in [6, 6.07) is 7.42. The maximum atomic E-state index is 14.3. The molecule has 1 atom stereocenters. The molecule has 4 rings (SSSR count). The predicted octanol–water partition coefficient (Wildman–Crippen LogP) is 1.57. The Bertz CT molecular complexity index is 1100. The van der Waals surface area contributed by atoms with Crippen molar-refractivity contribution in [1.82, 2.24) is 10.2 Å². The highest BCUT2D eigenvalue weighted by Gasteiger charge is 2.39. The van der Waals surface area contributed by atoms with E-state index in [2.05, 4.69) is 10.6 Å². The predicted molar refractivity (Wildman–Crippen MR) is 109 cm³/mol. The van der Waals surface area contributed by atoms with Crippen molar-refractivity contribution in [1.29, 1.82) is 0 Å². The van der Waals surface area contributed by atoms with Gasteiger partial charge in [-0.2, -0.15) is 0 Å². The number of imide groups is 1. The number of carbonyl (C=O) groups excluding carboxylic acids is 3. The van der Waals surface area contributed by atoms with Gasteiger partial charge in [0.2, 0.25) is 11.8 Å². The molecule has 0 aromatic heterocycles. The van der Waals surface area contributed by atoms with Crippen molar-refractivity contribution in [3.05, 3.63) is 58.9 Å². The van der Waals surface area contributed by atoms with Crippen molar-refractivity contribution in [2.75, 3.05) is 18.5 Å². The number of rotatable bonds is 7. The SMILES string of the molecule is [2H]C1(N2Cc3c(NCc4cc(OCCO)ccc4F)cccc3C2=O)CCC(=O)NC1=O. The minimum Gasteiger partial charge on any atom is -0.491 e. The molecule has 0 bridgehead atoms. The Morgan fingerprint density at radius 2 is 2.13 bits per heavy atom. The van der Waals surface area contributed by atoms with E-state index in [-0.39, 0.29) is 39.1 Å². The van der Waals surface area contributed by atoms with E-state index in [0.717, 1.165) is 4.90 Å². The zero-order chi connectivity index (χ0) is 22.9. The molecule has 1 fully saturated rings. The van der Waals surface area contributed by atoms with Crippen molar-refractivity contribution in [3.8, 4) is 5.75 Å². The normalized spacial score (nSPS) is 20.9. The third kappa shape index (κ3) is 4.22. The van der Waals surface area contributed by atoms with E-state index in [1.807, 2.05) is 0 Å². The first-order chi connectivity index (χ1) is 15.3. The summed E-state index contributed by atoms with van der Waals surface area (Å²) in [5.74, 6) is -1.75. The molecule has 31 heavy (non-hydrogen) atoms. The molecule has 2 heterocycles. The number of hydrogen-bond donors (Lipinski definition) is 3. The Labute approximate surface area is 179 Å². The molecule has 0 aliphatic carbocycles. The van der Waals surface area contributed by atoms with Gasteiger partial charge in [0.15, 0.2) is 0 Å². The lowest BCUT2D eigenvalue weighted by Crippen LogP contribution is -2.52. The van der Waals surface area contributed by atoms with Gasteiger partial charge in [-0.3, -0.25) is 19.7 Å².